The fraction of sp³-hybridized carbons (Fsp3) is 0.276. The highest BCUT2D eigenvalue weighted by molar-refractivity contribution is 5.95. The van der Waals surface area contributed by atoms with E-state index in [2.05, 4.69) is 4.98 Å². The minimum Gasteiger partial charge on any atom is -0.618 e. The number of fused-ring (bicyclic) bond motifs is 2. The Balaban J connectivity index is 0.000000351. The monoisotopic (exact) mass is 504 g/mol. The van der Waals surface area contributed by atoms with Crippen LogP contribution in [0.25, 0.3) is 21.8 Å². The van der Waals surface area contributed by atoms with Crippen LogP contribution in [0.3, 0.4) is 0 Å². The van der Waals surface area contributed by atoms with Crippen molar-refractivity contribution in [3.05, 3.63) is 96.8 Å². The van der Waals surface area contributed by atoms with Gasteiger partial charge in [-0.3, -0.25) is 4.98 Å². The van der Waals surface area contributed by atoms with Gasteiger partial charge in [0.1, 0.15) is 11.2 Å². The molecular weight excluding hydrogens is 467 g/mol. The van der Waals surface area contributed by atoms with Crippen LogP contribution in [0.2, 0.25) is 0 Å². The van der Waals surface area contributed by atoms with Gasteiger partial charge in [0.2, 0.25) is 5.52 Å². The molecule has 0 atom stereocenters. The molecule has 2 heterocycles. The van der Waals surface area contributed by atoms with E-state index < -0.39 is 11.2 Å². The van der Waals surface area contributed by atoms with Gasteiger partial charge in [-0.2, -0.15) is 4.73 Å². The summed E-state index contributed by atoms with van der Waals surface area (Å²) >= 11 is 0. The highest BCUT2D eigenvalue weighted by Gasteiger charge is 2.19. The largest absolute Gasteiger partial charge is 0.618 e. The number of hydrogen-bond acceptors (Lipinski definition) is 6. The average molecular weight is 504 g/mol. The Morgan fingerprint density at radius 1 is 0.784 bits per heavy atom. The van der Waals surface area contributed by atoms with Crippen LogP contribution >= 0.6 is 0 Å². The van der Waals surface area contributed by atoms with Crippen molar-refractivity contribution >= 4 is 42.2 Å². The molecular formula is C29H37BN2O5-2. The molecule has 2 aromatic carbocycles. The molecule has 4 aromatic rings. The summed E-state index contributed by atoms with van der Waals surface area (Å²) in [6.07, 6.45) is 3.16. The Morgan fingerprint density at radius 3 is 1.86 bits per heavy atom. The van der Waals surface area contributed by atoms with E-state index in [-0.39, 0.29) is 27.8 Å². The smallest absolute Gasteiger partial charge is 0.338 e. The van der Waals surface area contributed by atoms with Gasteiger partial charge >= 0.3 is 11.9 Å². The van der Waals surface area contributed by atoms with Crippen LogP contribution in [-0.4, -0.2) is 36.5 Å². The lowest BCUT2D eigenvalue weighted by Gasteiger charge is -2.19. The van der Waals surface area contributed by atoms with Gasteiger partial charge in [-0.05, 0) is 84.0 Å². The summed E-state index contributed by atoms with van der Waals surface area (Å²) in [5.74, 6) is -0.686. The predicted octanol–water partition coefficient (Wildman–Crippen LogP) is 4.62. The first-order chi connectivity index (χ1) is 16.3. The number of hydrogen-bond donors (Lipinski definition) is 0. The molecule has 198 valence electrons. The molecule has 7 nitrogen and oxygen atoms in total. The number of esters is 2. The molecule has 8 heteroatoms. The Morgan fingerprint density at radius 2 is 1.30 bits per heavy atom. The lowest BCUT2D eigenvalue weighted by atomic mass is 10.1. The van der Waals surface area contributed by atoms with E-state index in [1.165, 1.54) is 6.20 Å². The molecule has 4 rings (SSSR count). The van der Waals surface area contributed by atoms with E-state index in [4.69, 9.17) is 9.47 Å². The van der Waals surface area contributed by atoms with Gasteiger partial charge in [-0.1, -0.05) is 14.5 Å². The number of carbonyl (C=O) groups excluding carboxylic acids is 2. The van der Waals surface area contributed by atoms with Crippen molar-refractivity contribution in [1.29, 1.82) is 0 Å². The van der Waals surface area contributed by atoms with Crippen molar-refractivity contribution in [3.63, 3.8) is 0 Å². The van der Waals surface area contributed by atoms with Crippen molar-refractivity contribution in [2.45, 2.75) is 52.7 Å². The Bertz CT molecular complexity index is 1370. The zero-order valence-corrected chi connectivity index (χ0v) is 21.9. The molecule has 0 aliphatic carbocycles. The van der Waals surface area contributed by atoms with Crippen molar-refractivity contribution in [3.8, 4) is 0 Å². The molecule has 0 unspecified atom stereocenters. The van der Waals surface area contributed by atoms with Crippen LogP contribution < -0.4 is 4.73 Å². The second kappa shape index (κ2) is 12.3. The number of nitrogens with zero attached hydrogens (tertiary/aromatic N) is 2. The Kier molecular flexibility index (Phi) is 10.4. The molecule has 0 radical (unpaired) electrons. The molecule has 2 aromatic heterocycles. The van der Waals surface area contributed by atoms with Gasteiger partial charge in [-0.25, -0.2) is 9.59 Å². The maximum atomic E-state index is 11.9. The van der Waals surface area contributed by atoms with E-state index in [9.17, 15) is 14.8 Å². The topological polar surface area (TPSA) is 92.4 Å². The summed E-state index contributed by atoms with van der Waals surface area (Å²) in [6.45, 7) is 11.0. The van der Waals surface area contributed by atoms with Crippen molar-refractivity contribution in [2.24, 2.45) is 0 Å². The summed E-state index contributed by atoms with van der Waals surface area (Å²) in [7, 11) is 0. The summed E-state index contributed by atoms with van der Waals surface area (Å²) < 4.78 is 11.4. The first-order valence-electron chi connectivity index (χ1n) is 11.3. The number of carbonyl (C=O) groups is 2. The molecule has 0 aliphatic heterocycles. The molecule has 0 saturated heterocycles. The molecule has 0 fully saturated rings. The van der Waals surface area contributed by atoms with Crippen LogP contribution in [0.4, 0.5) is 0 Å². The molecule has 0 aliphatic rings. The maximum absolute atomic E-state index is 11.9. The highest BCUT2D eigenvalue weighted by atomic mass is 16.6. The molecule has 0 amide bonds. The first-order valence-corrected chi connectivity index (χ1v) is 11.3. The second-order valence-electron chi connectivity index (χ2n) is 10.0. The van der Waals surface area contributed by atoms with Crippen LogP contribution in [0, 0.1) is 12.6 Å². The lowest BCUT2D eigenvalue weighted by molar-refractivity contribution is -0.577. The van der Waals surface area contributed by atoms with Crippen LogP contribution in [0.15, 0.2) is 73.1 Å². The Labute approximate surface area is 220 Å². The maximum Gasteiger partial charge on any atom is 0.338 e. The van der Waals surface area contributed by atoms with Crippen molar-refractivity contribution in [1.82, 2.24) is 4.98 Å². The van der Waals surface area contributed by atoms with Crippen LogP contribution in [0.1, 0.15) is 62.3 Å². The highest BCUT2D eigenvalue weighted by Crippen LogP contribution is 2.18. The van der Waals surface area contributed by atoms with E-state index in [1.807, 2.05) is 59.7 Å². The minimum atomic E-state index is -0.527. The van der Waals surface area contributed by atoms with Gasteiger partial charge in [0.05, 0.1) is 16.6 Å². The van der Waals surface area contributed by atoms with E-state index in [0.717, 1.165) is 21.0 Å². The quantitative estimate of drug-likeness (QED) is 0.130. The fourth-order valence-corrected chi connectivity index (χ4v) is 3.20. The summed E-state index contributed by atoms with van der Waals surface area (Å²) in [4.78, 5) is 27.9. The first kappa shape index (κ1) is 31.1. The van der Waals surface area contributed by atoms with Gasteiger partial charge in [0.25, 0.3) is 0 Å². The summed E-state index contributed by atoms with van der Waals surface area (Å²) in [5.41, 5.74) is 1.41. The van der Waals surface area contributed by atoms with E-state index >= 15 is 0 Å². The van der Waals surface area contributed by atoms with E-state index in [0.29, 0.717) is 16.6 Å². The van der Waals surface area contributed by atoms with Crippen LogP contribution in [-0.2, 0) is 9.47 Å². The summed E-state index contributed by atoms with van der Waals surface area (Å²) in [6, 6.07) is 17.5. The third kappa shape index (κ3) is 8.90. The Hall–Kier alpha value is -3.94. The second-order valence-corrected chi connectivity index (χ2v) is 10.0. The molecule has 0 bridgehead atoms. The SMILES string of the molecule is CC(C)(C)OC(=O)c1ccc2c(ccc[n+]2[O-])c1.CC(C)(C)OC(=O)c1ccc2ncccc2c1.[BH4-].[CH3-]. The number of rotatable bonds is 2. The molecule has 0 saturated carbocycles. The van der Waals surface area contributed by atoms with Crippen molar-refractivity contribution in [2.75, 3.05) is 0 Å². The molecule has 0 N–H and O–H groups in total. The minimum absolute atomic E-state index is 0. The zero-order chi connectivity index (χ0) is 25.8. The third-order valence-corrected chi connectivity index (χ3v) is 4.63. The summed E-state index contributed by atoms with van der Waals surface area (Å²) in [5, 5.41) is 13.1. The van der Waals surface area contributed by atoms with Gasteiger partial charge < -0.3 is 22.1 Å². The van der Waals surface area contributed by atoms with Crippen molar-refractivity contribution < 1.29 is 23.8 Å². The zero-order valence-electron chi connectivity index (χ0n) is 21.9. The van der Waals surface area contributed by atoms with Gasteiger partial charge in [0, 0.05) is 29.1 Å². The number of aromatic nitrogens is 2. The van der Waals surface area contributed by atoms with Gasteiger partial charge in [0.15, 0.2) is 6.20 Å². The average Bonchev–Trinajstić information content (AvgIpc) is 2.77. The fourth-order valence-electron chi connectivity index (χ4n) is 3.20. The molecule has 0 spiro atoms. The number of pyridine rings is 2. The number of benzene rings is 2. The standard InChI is InChI=1S/C14H15NO3.C14H15NO2.CH3.BH4/c1-14(2,3)18-13(16)11-6-7-12-10(9-11)5-4-8-15(12)17;1-14(2,3)17-13(16)11-6-7-12-10(9-11)5-4-8-15-12;;/h4-9H,1-3H3;4-9H,1-3H3;1H3;1H4/q;;2*-1. The lowest BCUT2D eigenvalue weighted by Crippen LogP contribution is -2.26. The number of ether oxygens (including phenoxy) is 2. The van der Waals surface area contributed by atoms with Crippen LogP contribution in [0.5, 0.6) is 0 Å². The predicted molar refractivity (Wildman–Crippen MR) is 153 cm³/mol. The van der Waals surface area contributed by atoms with Gasteiger partial charge in [-0.15, -0.1) is 0 Å². The van der Waals surface area contributed by atoms with E-state index in [1.54, 1.807) is 48.7 Å². The normalized spacial score (nSPS) is 10.9. The third-order valence-electron chi connectivity index (χ3n) is 4.63. The molecule has 37 heavy (non-hydrogen) atoms.